The molecule has 0 amide bonds. The molecule has 104 valence electrons. The van der Waals surface area contributed by atoms with E-state index in [0.717, 1.165) is 23.9 Å². The molecule has 2 N–H and O–H groups in total. The van der Waals surface area contributed by atoms with Crippen molar-refractivity contribution in [3.05, 3.63) is 23.8 Å². The van der Waals surface area contributed by atoms with Crippen molar-refractivity contribution in [2.24, 2.45) is 0 Å². The van der Waals surface area contributed by atoms with E-state index in [0.29, 0.717) is 17.6 Å². The molecule has 20 heavy (non-hydrogen) atoms. The molecule has 0 aliphatic heterocycles. The van der Waals surface area contributed by atoms with Gasteiger partial charge in [0.1, 0.15) is 11.6 Å². The van der Waals surface area contributed by atoms with Crippen LogP contribution in [0.5, 0.6) is 0 Å². The fraction of sp³-hybridized carbons (Fsp3) is 0.500. The van der Waals surface area contributed by atoms with Crippen LogP contribution >= 0.6 is 0 Å². The number of rotatable bonds is 1. The van der Waals surface area contributed by atoms with Crippen LogP contribution in [0.4, 0.5) is 5.95 Å². The monoisotopic (exact) mass is 268 g/mol. The first-order chi connectivity index (χ1) is 9.81. The van der Waals surface area contributed by atoms with E-state index in [2.05, 4.69) is 15.6 Å². The highest BCUT2D eigenvalue weighted by Gasteiger charge is 2.19. The molecule has 0 atom stereocenters. The van der Waals surface area contributed by atoms with Crippen LogP contribution in [0.15, 0.2) is 18.2 Å². The summed E-state index contributed by atoms with van der Waals surface area (Å²) < 4.78 is 2.15. The van der Waals surface area contributed by atoms with Crippen LogP contribution in [-0.4, -0.2) is 9.55 Å². The lowest BCUT2D eigenvalue weighted by Crippen LogP contribution is -2.13. The molecule has 3 rings (SSSR count). The SMILES string of the molecule is N#Cc1cccc2c1nc(N)n2C1CCCCCCC1. The standard InChI is InChI=1S/C16H20N4/c17-11-12-7-6-10-14-15(12)19-16(18)20(14)13-8-4-2-1-3-5-9-13/h6-7,10,13H,1-5,8-9H2,(H2,18,19). The number of anilines is 1. The van der Waals surface area contributed by atoms with E-state index in [1.54, 1.807) is 6.07 Å². The van der Waals surface area contributed by atoms with Gasteiger partial charge in [0.15, 0.2) is 0 Å². The van der Waals surface area contributed by atoms with Gasteiger partial charge in [-0.1, -0.05) is 38.2 Å². The van der Waals surface area contributed by atoms with Crippen molar-refractivity contribution in [3.63, 3.8) is 0 Å². The van der Waals surface area contributed by atoms with Crippen LogP contribution in [-0.2, 0) is 0 Å². The number of nitrogen functional groups attached to an aromatic ring is 1. The molecule has 4 heteroatoms. The molecule has 1 aromatic heterocycles. The zero-order valence-corrected chi connectivity index (χ0v) is 11.7. The number of hydrogen-bond donors (Lipinski definition) is 1. The van der Waals surface area contributed by atoms with Crippen molar-refractivity contribution in [2.75, 3.05) is 5.73 Å². The van der Waals surface area contributed by atoms with Crippen molar-refractivity contribution in [1.29, 1.82) is 5.26 Å². The lowest BCUT2D eigenvalue weighted by molar-refractivity contribution is 0.381. The first-order valence-electron chi connectivity index (χ1n) is 7.48. The van der Waals surface area contributed by atoms with Crippen LogP contribution in [0, 0.1) is 11.3 Å². The second-order valence-corrected chi connectivity index (χ2v) is 5.62. The Labute approximate surface area is 119 Å². The zero-order valence-electron chi connectivity index (χ0n) is 11.7. The van der Waals surface area contributed by atoms with Gasteiger partial charge in [-0.05, 0) is 25.0 Å². The molecule has 0 bridgehead atoms. The van der Waals surface area contributed by atoms with Gasteiger partial charge in [0, 0.05) is 6.04 Å². The Morgan fingerprint density at radius 2 is 1.85 bits per heavy atom. The maximum Gasteiger partial charge on any atom is 0.201 e. The Balaban J connectivity index is 2.06. The number of hydrogen-bond acceptors (Lipinski definition) is 3. The lowest BCUT2D eigenvalue weighted by Gasteiger charge is -2.22. The predicted octanol–water partition coefficient (Wildman–Crippen LogP) is 3.78. The number of nitriles is 1. The molecule has 1 aliphatic carbocycles. The largest absolute Gasteiger partial charge is 0.369 e. The summed E-state index contributed by atoms with van der Waals surface area (Å²) in [6.07, 6.45) is 8.80. The average Bonchev–Trinajstić information content (AvgIpc) is 2.75. The van der Waals surface area contributed by atoms with E-state index >= 15 is 0 Å². The first-order valence-corrected chi connectivity index (χ1v) is 7.48. The number of fused-ring (bicyclic) bond motifs is 1. The Hall–Kier alpha value is -2.02. The van der Waals surface area contributed by atoms with Crippen molar-refractivity contribution < 1.29 is 0 Å². The summed E-state index contributed by atoms with van der Waals surface area (Å²) in [5, 5.41) is 9.19. The van der Waals surface area contributed by atoms with Gasteiger partial charge >= 0.3 is 0 Å². The molecule has 0 radical (unpaired) electrons. The highest BCUT2D eigenvalue weighted by molar-refractivity contribution is 5.84. The van der Waals surface area contributed by atoms with Crippen LogP contribution < -0.4 is 5.73 Å². The minimum Gasteiger partial charge on any atom is -0.369 e. The lowest BCUT2D eigenvalue weighted by atomic mass is 9.96. The van der Waals surface area contributed by atoms with Gasteiger partial charge in [-0.2, -0.15) is 5.26 Å². The Morgan fingerprint density at radius 1 is 1.15 bits per heavy atom. The van der Waals surface area contributed by atoms with E-state index in [-0.39, 0.29) is 0 Å². The molecule has 1 heterocycles. The number of imidazole rings is 1. The minimum absolute atomic E-state index is 0.425. The molecule has 1 saturated carbocycles. The van der Waals surface area contributed by atoms with Gasteiger partial charge in [-0.3, -0.25) is 0 Å². The predicted molar refractivity (Wildman–Crippen MR) is 80.2 cm³/mol. The van der Waals surface area contributed by atoms with Gasteiger partial charge in [0.05, 0.1) is 11.1 Å². The van der Waals surface area contributed by atoms with Crippen molar-refractivity contribution in [3.8, 4) is 6.07 Å². The average molecular weight is 268 g/mol. The fourth-order valence-corrected chi connectivity index (χ4v) is 3.30. The molecule has 4 nitrogen and oxygen atoms in total. The second kappa shape index (κ2) is 5.54. The van der Waals surface area contributed by atoms with Crippen molar-refractivity contribution >= 4 is 17.0 Å². The van der Waals surface area contributed by atoms with Gasteiger partial charge in [-0.25, -0.2) is 4.98 Å². The van der Waals surface area contributed by atoms with Crippen LogP contribution in [0.3, 0.4) is 0 Å². The third kappa shape index (κ3) is 2.24. The van der Waals surface area contributed by atoms with Crippen LogP contribution in [0.2, 0.25) is 0 Å². The molecular formula is C16H20N4. The van der Waals surface area contributed by atoms with E-state index in [1.165, 1.54) is 32.1 Å². The van der Waals surface area contributed by atoms with Gasteiger partial charge in [0.25, 0.3) is 0 Å². The maximum absolute atomic E-state index is 9.19. The van der Waals surface area contributed by atoms with E-state index < -0.39 is 0 Å². The molecular weight excluding hydrogens is 248 g/mol. The fourth-order valence-electron chi connectivity index (χ4n) is 3.30. The van der Waals surface area contributed by atoms with Gasteiger partial charge in [0.2, 0.25) is 5.95 Å². The summed E-state index contributed by atoms with van der Waals surface area (Å²) in [6, 6.07) is 8.38. The molecule has 2 aromatic rings. The summed E-state index contributed by atoms with van der Waals surface area (Å²) in [6.45, 7) is 0. The summed E-state index contributed by atoms with van der Waals surface area (Å²) in [7, 11) is 0. The number of benzene rings is 1. The van der Waals surface area contributed by atoms with E-state index in [9.17, 15) is 5.26 Å². The highest BCUT2D eigenvalue weighted by Crippen LogP contribution is 2.32. The summed E-state index contributed by atoms with van der Waals surface area (Å²) >= 11 is 0. The summed E-state index contributed by atoms with van der Waals surface area (Å²) in [5.41, 5.74) is 8.50. The van der Waals surface area contributed by atoms with Crippen molar-refractivity contribution in [1.82, 2.24) is 9.55 Å². The summed E-state index contributed by atoms with van der Waals surface area (Å²) in [5.74, 6) is 0.549. The number of para-hydroxylation sites is 1. The molecule has 1 fully saturated rings. The normalized spacial score (nSPS) is 17.6. The Morgan fingerprint density at radius 3 is 2.55 bits per heavy atom. The van der Waals surface area contributed by atoms with Crippen LogP contribution in [0.25, 0.3) is 11.0 Å². The van der Waals surface area contributed by atoms with E-state index in [4.69, 9.17) is 5.73 Å². The molecule has 0 unspecified atom stereocenters. The zero-order chi connectivity index (χ0) is 13.9. The third-order valence-corrected chi connectivity index (χ3v) is 4.31. The van der Waals surface area contributed by atoms with Gasteiger partial charge < -0.3 is 10.3 Å². The molecule has 1 aliphatic rings. The number of nitrogens with two attached hydrogens (primary N) is 1. The Bertz CT molecular complexity index is 642. The third-order valence-electron chi connectivity index (χ3n) is 4.31. The highest BCUT2D eigenvalue weighted by atomic mass is 15.2. The Kier molecular flexibility index (Phi) is 3.60. The molecule has 0 saturated heterocycles. The van der Waals surface area contributed by atoms with E-state index in [1.807, 2.05) is 12.1 Å². The second-order valence-electron chi connectivity index (χ2n) is 5.62. The first kappa shape index (κ1) is 13.0. The van der Waals surface area contributed by atoms with Gasteiger partial charge in [-0.15, -0.1) is 0 Å². The molecule has 1 aromatic carbocycles. The summed E-state index contributed by atoms with van der Waals surface area (Å²) in [4.78, 5) is 4.43. The molecule has 0 spiro atoms. The number of nitrogens with zero attached hydrogens (tertiary/aromatic N) is 3. The quantitative estimate of drug-likeness (QED) is 0.855. The maximum atomic E-state index is 9.19. The smallest absolute Gasteiger partial charge is 0.201 e. The van der Waals surface area contributed by atoms with Crippen LogP contribution in [0.1, 0.15) is 56.6 Å². The topological polar surface area (TPSA) is 67.6 Å². The number of aromatic nitrogens is 2. The van der Waals surface area contributed by atoms with Crippen molar-refractivity contribution in [2.45, 2.75) is 51.0 Å². The minimum atomic E-state index is 0.425.